The summed E-state index contributed by atoms with van der Waals surface area (Å²) in [5, 5.41) is 10.5. The number of unbranched alkanes of at least 4 members (excludes halogenated alkanes) is 38. The predicted octanol–water partition coefficient (Wildman–Crippen LogP) is 19.6. The summed E-state index contributed by atoms with van der Waals surface area (Å²) < 4.78 is 68.1. The minimum Gasteiger partial charge on any atom is -0.462 e. The van der Waals surface area contributed by atoms with Gasteiger partial charge in [-0.05, 0) is 37.5 Å². The molecule has 17 nitrogen and oxygen atoms in total. The lowest BCUT2D eigenvalue weighted by Crippen LogP contribution is -2.30. The Bertz CT molecular complexity index is 1720. The van der Waals surface area contributed by atoms with E-state index < -0.39 is 97.5 Å². The molecule has 3 N–H and O–H groups in total. The number of rotatable bonds is 68. The molecule has 0 radical (unpaired) electrons. The average Bonchev–Trinajstić information content (AvgIpc) is 3.69. The van der Waals surface area contributed by atoms with E-state index in [0.717, 1.165) is 96.3 Å². The van der Waals surface area contributed by atoms with Crippen molar-refractivity contribution in [3.63, 3.8) is 0 Å². The third-order valence-electron chi connectivity index (χ3n) is 16.0. The van der Waals surface area contributed by atoms with Gasteiger partial charge in [-0.15, -0.1) is 0 Å². The molecule has 0 saturated carbocycles. The van der Waals surface area contributed by atoms with E-state index in [1.54, 1.807) is 0 Å². The van der Waals surface area contributed by atoms with Crippen LogP contribution in [0.25, 0.3) is 0 Å². The summed E-state index contributed by atoms with van der Waals surface area (Å²) in [7, 11) is -9.89. The number of ether oxygens (including phenoxy) is 4. The Labute approximate surface area is 537 Å². The van der Waals surface area contributed by atoms with Crippen molar-refractivity contribution in [1.82, 2.24) is 0 Å². The number of hydrogen-bond acceptors (Lipinski definition) is 15. The SMILES string of the molecule is CCCCCCCCCCCCCCCCCCCCCCCC(=O)O[C@H](COC(=O)CCCCCCCCC(C)C)COP(=O)(O)OC[C@@H](O)COP(=O)(O)OC[C@@H](COC(=O)CCCCCCCCCCC)OC(=O)CCCCCCCCC(C)C. The van der Waals surface area contributed by atoms with Crippen LogP contribution in [0.5, 0.6) is 0 Å². The molecule has 2 unspecified atom stereocenters. The fourth-order valence-corrected chi connectivity index (χ4v) is 12.0. The molecule has 0 aromatic rings. The van der Waals surface area contributed by atoms with E-state index in [1.807, 2.05) is 0 Å². The fourth-order valence-electron chi connectivity index (χ4n) is 10.4. The zero-order valence-corrected chi connectivity index (χ0v) is 58.8. The largest absolute Gasteiger partial charge is 0.472 e. The molecule has 0 amide bonds. The van der Waals surface area contributed by atoms with E-state index in [1.165, 1.54) is 161 Å². The zero-order chi connectivity index (χ0) is 65.0. The van der Waals surface area contributed by atoms with Crippen LogP contribution in [0.1, 0.15) is 350 Å². The Morgan fingerprint density at radius 1 is 0.307 bits per heavy atom. The number of aliphatic hydroxyl groups excluding tert-OH is 1. The molecule has 0 aromatic carbocycles. The molecule has 0 aliphatic heterocycles. The van der Waals surface area contributed by atoms with Crippen molar-refractivity contribution in [3.8, 4) is 0 Å². The molecule has 0 aromatic heterocycles. The third kappa shape index (κ3) is 62.8. The highest BCUT2D eigenvalue weighted by Gasteiger charge is 2.30. The summed E-state index contributed by atoms with van der Waals surface area (Å²) in [6.45, 7) is 9.34. The smallest absolute Gasteiger partial charge is 0.462 e. The zero-order valence-electron chi connectivity index (χ0n) is 57.0. The van der Waals surface area contributed by atoms with Crippen LogP contribution < -0.4 is 0 Å². The van der Waals surface area contributed by atoms with Crippen LogP contribution >= 0.6 is 15.6 Å². The van der Waals surface area contributed by atoms with Gasteiger partial charge in [0.1, 0.15) is 19.3 Å². The number of esters is 4. The first-order valence-corrected chi connectivity index (χ1v) is 39.0. The molecule has 19 heteroatoms. The minimum absolute atomic E-state index is 0.102. The van der Waals surface area contributed by atoms with E-state index in [4.69, 9.17) is 37.0 Å². The normalized spacial score (nSPS) is 14.2. The number of aliphatic hydroxyl groups is 1. The monoisotopic (exact) mass is 1300 g/mol. The number of hydrogen-bond donors (Lipinski definition) is 3. The molecule has 0 rings (SSSR count). The van der Waals surface area contributed by atoms with Gasteiger partial charge in [0.15, 0.2) is 12.2 Å². The summed E-state index contributed by atoms with van der Waals surface area (Å²) in [5.74, 6) is -0.787. The van der Waals surface area contributed by atoms with E-state index in [-0.39, 0.29) is 25.7 Å². The van der Waals surface area contributed by atoms with Gasteiger partial charge in [0, 0.05) is 25.7 Å². The second-order valence-corrected chi connectivity index (χ2v) is 28.8. The molecular weight excluding hydrogens is 1160 g/mol. The maximum Gasteiger partial charge on any atom is 0.472 e. The van der Waals surface area contributed by atoms with Gasteiger partial charge < -0.3 is 33.8 Å². The number of carbonyl (C=O) groups excluding carboxylic acids is 4. The Morgan fingerprint density at radius 2 is 0.523 bits per heavy atom. The van der Waals surface area contributed by atoms with Gasteiger partial charge in [-0.1, -0.05) is 298 Å². The van der Waals surface area contributed by atoms with Crippen molar-refractivity contribution in [1.29, 1.82) is 0 Å². The van der Waals surface area contributed by atoms with Gasteiger partial charge in [0.05, 0.1) is 26.4 Å². The molecule has 0 fully saturated rings. The van der Waals surface area contributed by atoms with Crippen molar-refractivity contribution in [2.24, 2.45) is 11.8 Å². The first-order valence-electron chi connectivity index (χ1n) is 36.0. The summed E-state index contributed by atoms with van der Waals surface area (Å²) in [6.07, 6.45) is 46.4. The third-order valence-corrected chi connectivity index (χ3v) is 17.9. The van der Waals surface area contributed by atoms with Crippen LogP contribution in [0.15, 0.2) is 0 Å². The van der Waals surface area contributed by atoms with Gasteiger partial charge in [0.25, 0.3) is 0 Å². The lowest BCUT2D eigenvalue weighted by atomic mass is 10.0. The second kappa shape index (κ2) is 61.3. The highest BCUT2D eigenvalue weighted by molar-refractivity contribution is 7.47. The Kier molecular flexibility index (Phi) is 59.9. The van der Waals surface area contributed by atoms with E-state index in [0.29, 0.717) is 37.5 Å². The van der Waals surface area contributed by atoms with Crippen LogP contribution in [-0.2, 0) is 65.4 Å². The standard InChI is InChI=1S/C69H134O17P2/c1-7-9-11-13-15-17-18-19-20-21-22-23-24-25-26-27-28-30-32-41-47-53-68(73)85-64(58-80-67(72)52-46-40-35-33-37-43-49-61(3)4)59-83-87(75,76)81-55-63(70)56-82-88(77,78)84-60-65(86-69(74)54-48-42-36-34-38-44-50-62(5)6)57-79-66(71)51-45-39-31-29-16-14-12-10-8-2/h61-65,70H,7-60H2,1-6H3,(H,75,76)(H,77,78)/t63-,64-,65-/m1/s1. The van der Waals surface area contributed by atoms with Crippen molar-refractivity contribution < 1.29 is 80.2 Å². The quantitative estimate of drug-likeness (QED) is 0.0222. The van der Waals surface area contributed by atoms with Crippen molar-refractivity contribution >= 4 is 39.5 Å². The van der Waals surface area contributed by atoms with Crippen LogP contribution in [0.4, 0.5) is 0 Å². The predicted molar refractivity (Wildman–Crippen MR) is 354 cm³/mol. The van der Waals surface area contributed by atoms with Gasteiger partial charge in [-0.3, -0.25) is 37.3 Å². The van der Waals surface area contributed by atoms with Gasteiger partial charge >= 0.3 is 39.5 Å². The number of phosphoric acid groups is 2. The van der Waals surface area contributed by atoms with Crippen molar-refractivity contribution in [3.05, 3.63) is 0 Å². The van der Waals surface area contributed by atoms with Crippen LogP contribution in [0.3, 0.4) is 0 Å². The van der Waals surface area contributed by atoms with Crippen LogP contribution in [0.2, 0.25) is 0 Å². The fraction of sp³-hybridized carbons (Fsp3) is 0.942. The second-order valence-electron chi connectivity index (χ2n) is 25.9. The topological polar surface area (TPSA) is 237 Å². The molecule has 522 valence electrons. The first kappa shape index (κ1) is 86.1. The van der Waals surface area contributed by atoms with E-state index in [2.05, 4.69) is 41.5 Å². The van der Waals surface area contributed by atoms with Crippen molar-refractivity contribution in [2.45, 2.75) is 368 Å². The summed E-state index contributed by atoms with van der Waals surface area (Å²) in [6, 6.07) is 0. The Morgan fingerprint density at radius 3 is 0.773 bits per heavy atom. The molecule has 5 atom stereocenters. The maximum atomic E-state index is 13.0. The lowest BCUT2D eigenvalue weighted by molar-refractivity contribution is -0.161. The maximum absolute atomic E-state index is 13.0. The highest BCUT2D eigenvalue weighted by atomic mass is 31.2. The summed E-state index contributed by atoms with van der Waals surface area (Å²) in [5.41, 5.74) is 0. The minimum atomic E-state index is -4.95. The molecule has 0 spiro atoms. The van der Waals surface area contributed by atoms with Crippen LogP contribution in [-0.4, -0.2) is 96.7 Å². The van der Waals surface area contributed by atoms with E-state index in [9.17, 15) is 43.2 Å². The molecular formula is C69H134O17P2. The van der Waals surface area contributed by atoms with Gasteiger partial charge in [-0.2, -0.15) is 0 Å². The lowest BCUT2D eigenvalue weighted by Gasteiger charge is -2.21. The van der Waals surface area contributed by atoms with Crippen LogP contribution in [0, 0.1) is 11.8 Å². The summed E-state index contributed by atoms with van der Waals surface area (Å²) in [4.78, 5) is 72.3. The van der Waals surface area contributed by atoms with Gasteiger partial charge in [-0.25, -0.2) is 9.13 Å². The molecule has 88 heavy (non-hydrogen) atoms. The number of carbonyl (C=O) groups is 4. The Balaban J connectivity index is 5.11. The molecule has 0 heterocycles. The van der Waals surface area contributed by atoms with E-state index >= 15 is 0 Å². The summed E-state index contributed by atoms with van der Waals surface area (Å²) >= 11 is 0. The number of phosphoric ester groups is 2. The molecule has 0 aliphatic carbocycles. The van der Waals surface area contributed by atoms with Gasteiger partial charge in [0.2, 0.25) is 0 Å². The first-order chi connectivity index (χ1) is 42.4. The highest BCUT2D eigenvalue weighted by Crippen LogP contribution is 2.45. The average molecular weight is 1300 g/mol. The Hall–Kier alpha value is -1.94. The van der Waals surface area contributed by atoms with Crippen molar-refractivity contribution in [2.75, 3.05) is 39.6 Å². The molecule has 0 bridgehead atoms. The molecule has 0 aliphatic rings. The molecule has 0 saturated heterocycles.